The molecule has 17 heavy (non-hydrogen) atoms. The molecular formula is C13H17NO2S. The molecule has 0 saturated carbocycles. The molecule has 0 aliphatic rings. The molecule has 0 bridgehead atoms. The molecule has 3 nitrogen and oxygen atoms in total. The molecule has 0 fully saturated rings. The second-order valence-electron chi connectivity index (χ2n) is 3.50. The van der Waals surface area contributed by atoms with Gasteiger partial charge < -0.3 is 5.11 Å². The van der Waals surface area contributed by atoms with E-state index in [0.29, 0.717) is 13.0 Å². The second kappa shape index (κ2) is 7.90. The van der Waals surface area contributed by atoms with Gasteiger partial charge in [-0.1, -0.05) is 25.1 Å². The van der Waals surface area contributed by atoms with Gasteiger partial charge in [0.15, 0.2) is 0 Å². The van der Waals surface area contributed by atoms with Gasteiger partial charge in [-0.25, -0.2) is 0 Å². The van der Waals surface area contributed by atoms with Crippen molar-refractivity contribution in [1.82, 2.24) is 0 Å². The summed E-state index contributed by atoms with van der Waals surface area (Å²) >= 11 is 1.79. The van der Waals surface area contributed by atoms with Crippen LogP contribution in [0.4, 0.5) is 0 Å². The van der Waals surface area contributed by atoms with Gasteiger partial charge in [-0.15, -0.1) is 11.8 Å². The zero-order valence-corrected chi connectivity index (χ0v) is 10.7. The fraction of sp³-hybridized carbons (Fsp3) is 0.385. The topological polar surface area (TPSA) is 49.7 Å². The fourth-order valence-corrected chi connectivity index (χ4v) is 2.13. The Morgan fingerprint density at radius 1 is 1.47 bits per heavy atom. The van der Waals surface area contributed by atoms with Crippen molar-refractivity contribution in [3.05, 3.63) is 29.8 Å². The van der Waals surface area contributed by atoms with Crippen molar-refractivity contribution in [3.63, 3.8) is 0 Å². The van der Waals surface area contributed by atoms with Crippen molar-refractivity contribution in [3.8, 4) is 0 Å². The number of benzene rings is 1. The molecule has 0 saturated heterocycles. The number of nitrogens with zero attached hydrogens (tertiary/aromatic N) is 1. The highest BCUT2D eigenvalue weighted by atomic mass is 32.2. The predicted molar refractivity (Wildman–Crippen MR) is 72.2 cm³/mol. The van der Waals surface area contributed by atoms with Crippen LogP contribution in [0.3, 0.4) is 0 Å². The summed E-state index contributed by atoms with van der Waals surface area (Å²) in [5.74, 6) is 0.270. The monoisotopic (exact) mass is 251 g/mol. The van der Waals surface area contributed by atoms with Crippen LogP contribution in [0.1, 0.15) is 25.3 Å². The molecule has 0 aliphatic carbocycles. The third kappa shape index (κ3) is 5.54. The van der Waals surface area contributed by atoms with Crippen LogP contribution in [0.5, 0.6) is 0 Å². The number of rotatable bonds is 7. The molecule has 0 amide bonds. The van der Waals surface area contributed by atoms with Crippen LogP contribution in [0.15, 0.2) is 34.2 Å². The third-order valence-electron chi connectivity index (χ3n) is 2.13. The van der Waals surface area contributed by atoms with E-state index in [4.69, 9.17) is 5.11 Å². The van der Waals surface area contributed by atoms with Gasteiger partial charge in [0.2, 0.25) is 0 Å². The Morgan fingerprint density at radius 3 is 2.94 bits per heavy atom. The standard InChI is InChI=1S/C13H17NO2S/c1-2-17-12-7-4-3-6-11(12)10-14-9-5-8-13(15)16/h3-4,6-7,10H,2,5,8-9H2,1H3,(H,15,16). The molecule has 1 N–H and O–H groups in total. The number of carboxylic acids is 1. The van der Waals surface area contributed by atoms with Crippen molar-refractivity contribution < 1.29 is 9.90 Å². The Labute approximate surface area is 106 Å². The summed E-state index contributed by atoms with van der Waals surface area (Å²) < 4.78 is 0. The van der Waals surface area contributed by atoms with E-state index in [9.17, 15) is 4.79 Å². The molecule has 92 valence electrons. The molecule has 4 heteroatoms. The van der Waals surface area contributed by atoms with Gasteiger partial charge in [0.25, 0.3) is 0 Å². The maximum atomic E-state index is 10.3. The molecule has 0 atom stereocenters. The smallest absolute Gasteiger partial charge is 0.303 e. The molecule has 1 aromatic carbocycles. The summed E-state index contributed by atoms with van der Waals surface area (Å²) in [5.41, 5.74) is 1.11. The predicted octanol–water partition coefficient (Wildman–Crippen LogP) is 3.08. The zero-order valence-electron chi connectivity index (χ0n) is 9.93. The Kier molecular flexibility index (Phi) is 6.40. The number of carbonyl (C=O) groups is 1. The number of aliphatic carboxylic acids is 1. The van der Waals surface area contributed by atoms with Gasteiger partial charge >= 0.3 is 5.97 Å². The number of carboxylic acid groups (broad SMARTS) is 1. The zero-order chi connectivity index (χ0) is 12.5. The van der Waals surface area contributed by atoms with Crippen molar-refractivity contribution in [2.45, 2.75) is 24.7 Å². The SMILES string of the molecule is CCSc1ccccc1C=NCCCC(=O)O. The maximum absolute atomic E-state index is 10.3. The number of hydrogen-bond acceptors (Lipinski definition) is 3. The molecule has 0 radical (unpaired) electrons. The minimum atomic E-state index is -0.762. The number of hydrogen-bond donors (Lipinski definition) is 1. The van der Waals surface area contributed by atoms with Crippen LogP contribution >= 0.6 is 11.8 Å². The van der Waals surface area contributed by atoms with Crippen molar-refractivity contribution in [2.24, 2.45) is 4.99 Å². The van der Waals surface area contributed by atoms with E-state index in [0.717, 1.165) is 11.3 Å². The third-order valence-corrected chi connectivity index (χ3v) is 3.10. The van der Waals surface area contributed by atoms with E-state index >= 15 is 0 Å². The van der Waals surface area contributed by atoms with Crippen LogP contribution in [0.2, 0.25) is 0 Å². The van der Waals surface area contributed by atoms with Crippen molar-refractivity contribution in [2.75, 3.05) is 12.3 Å². The maximum Gasteiger partial charge on any atom is 0.303 e. The fourth-order valence-electron chi connectivity index (χ4n) is 1.36. The summed E-state index contributed by atoms with van der Waals surface area (Å²) in [7, 11) is 0. The molecule has 1 aromatic rings. The molecule has 0 spiro atoms. The minimum Gasteiger partial charge on any atom is -0.481 e. The van der Waals surface area contributed by atoms with E-state index in [1.807, 2.05) is 24.4 Å². The van der Waals surface area contributed by atoms with E-state index < -0.39 is 5.97 Å². The Balaban J connectivity index is 2.49. The molecule has 1 rings (SSSR count). The first-order chi connectivity index (χ1) is 8.24. The lowest BCUT2D eigenvalue weighted by Gasteiger charge is -2.02. The first-order valence-electron chi connectivity index (χ1n) is 5.67. The summed E-state index contributed by atoms with van der Waals surface area (Å²) in [4.78, 5) is 15.8. The van der Waals surface area contributed by atoms with Crippen molar-refractivity contribution in [1.29, 1.82) is 0 Å². The van der Waals surface area contributed by atoms with E-state index in [2.05, 4.69) is 18.0 Å². The van der Waals surface area contributed by atoms with Crippen LogP contribution in [-0.2, 0) is 4.79 Å². The lowest BCUT2D eigenvalue weighted by atomic mass is 10.2. The second-order valence-corrected chi connectivity index (χ2v) is 4.81. The van der Waals surface area contributed by atoms with E-state index in [1.54, 1.807) is 11.8 Å². The van der Waals surface area contributed by atoms with Gasteiger partial charge in [0.05, 0.1) is 0 Å². The quantitative estimate of drug-likeness (QED) is 0.460. The number of aliphatic imine (C=N–C) groups is 1. The highest BCUT2D eigenvalue weighted by molar-refractivity contribution is 7.99. The average molecular weight is 251 g/mol. The van der Waals surface area contributed by atoms with Gasteiger partial charge in [-0.3, -0.25) is 9.79 Å². The molecule has 0 heterocycles. The summed E-state index contributed by atoms with van der Waals surface area (Å²) in [6, 6.07) is 8.10. The van der Waals surface area contributed by atoms with Crippen LogP contribution in [0.25, 0.3) is 0 Å². The lowest BCUT2D eigenvalue weighted by molar-refractivity contribution is -0.137. The van der Waals surface area contributed by atoms with Crippen LogP contribution in [-0.4, -0.2) is 29.6 Å². The average Bonchev–Trinajstić information content (AvgIpc) is 2.31. The molecular weight excluding hydrogens is 234 g/mol. The molecule has 0 aromatic heterocycles. The Morgan fingerprint density at radius 2 is 2.24 bits per heavy atom. The van der Waals surface area contributed by atoms with Gasteiger partial charge in [0, 0.05) is 29.6 Å². The summed E-state index contributed by atoms with van der Waals surface area (Å²) in [6.07, 6.45) is 2.61. The Hall–Kier alpha value is -1.29. The molecule has 0 unspecified atom stereocenters. The van der Waals surface area contributed by atoms with E-state index in [-0.39, 0.29) is 6.42 Å². The van der Waals surface area contributed by atoms with Gasteiger partial charge in [0.1, 0.15) is 0 Å². The Bertz CT molecular complexity index is 391. The largest absolute Gasteiger partial charge is 0.481 e. The van der Waals surface area contributed by atoms with Crippen LogP contribution in [0, 0.1) is 0 Å². The normalized spacial score (nSPS) is 10.9. The minimum absolute atomic E-state index is 0.183. The summed E-state index contributed by atoms with van der Waals surface area (Å²) in [5, 5.41) is 8.49. The highest BCUT2D eigenvalue weighted by Gasteiger charge is 1.98. The van der Waals surface area contributed by atoms with Gasteiger partial charge in [-0.05, 0) is 18.2 Å². The first kappa shape index (κ1) is 13.8. The highest BCUT2D eigenvalue weighted by Crippen LogP contribution is 2.20. The lowest BCUT2D eigenvalue weighted by Crippen LogP contribution is -1.95. The van der Waals surface area contributed by atoms with Crippen LogP contribution < -0.4 is 0 Å². The molecule has 0 aliphatic heterocycles. The van der Waals surface area contributed by atoms with Gasteiger partial charge in [-0.2, -0.15) is 0 Å². The van der Waals surface area contributed by atoms with Crippen molar-refractivity contribution >= 4 is 23.9 Å². The summed E-state index contributed by atoms with van der Waals surface area (Å²) in [6.45, 7) is 2.68. The van der Waals surface area contributed by atoms with E-state index in [1.165, 1.54) is 4.90 Å². The first-order valence-corrected chi connectivity index (χ1v) is 6.66. The number of thioether (sulfide) groups is 1.